The highest BCUT2D eigenvalue weighted by atomic mass is 35.5. The summed E-state index contributed by atoms with van der Waals surface area (Å²) in [7, 11) is 1.95. The average Bonchev–Trinajstić information content (AvgIpc) is 2.63. The quantitative estimate of drug-likeness (QED) is 0.788. The van der Waals surface area contributed by atoms with Crippen LogP contribution < -0.4 is 5.32 Å². The van der Waals surface area contributed by atoms with Gasteiger partial charge < -0.3 is 10.2 Å². The third-order valence-electron chi connectivity index (χ3n) is 6.54. The molecule has 1 aliphatic heterocycles. The predicted molar refractivity (Wildman–Crippen MR) is 113 cm³/mol. The number of piperidine rings is 1. The number of carbonyl (C=O) groups is 2. The highest BCUT2D eigenvalue weighted by molar-refractivity contribution is 6.31. The number of benzene rings is 1. The zero-order valence-electron chi connectivity index (χ0n) is 17.3. The second-order valence-corrected chi connectivity index (χ2v) is 9.19. The Balaban J connectivity index is 1.40. The first kappa shape index (κ1) is 21.1. The van der Waals surface area contributed by atoms with E-state index in [0.29, 0.717) is 29.6 Å². The molecule has 1 saturated carbocycles. The number of rotatable bonds is 6. The van der Waals surface area contributed by atoms with E-state index in [2.05, 4.69) is 17.1 Å². The van der Waals surface area contributed by atoms with Crippen LogP contribution in [-0.4, -0.2) is 60.4 Å². The summed E-state index contributed by atoms with van der Waals surface area (Å²) in [5.41, 5.74) is 1.66. The van der Waals surface area contributed by atoms with Gasteiger partial charge >= 0.3 is 0 Å². The van der Waals surface area contributed by atoms with Gasteiger partial charge in [-0.25, -0.2) is 0 Å². The van der Waals surface area contributed by atoms with Crippen LogP contribution in [0.2, 0.25) is 5.02 Å². The molecule has 0 unspecified atom stereocenters. The molecule has 1 N–H and O–H groups in total. The first-order valence-corrected chi connectivity index (χ1v) is 10.7. The van der Waals surface area contributed by atoms with Gasteiger partial charge in [0.25, 0.3) is 5.91 Å². The average molecular weight is 406 g/mol. The van der Waals surface area contributed by atoms with Gasteiger partial charge in [0.2, 0.25) is 5.91 Å². The minimum Gasteiger partial charge on any atom is -0.352 e. The Kier molecular flexibility index (Phi) is 6.66. The number of halogens is 1. The van der Waals surface area contributed by atoms with Crippen molar-refractivity contribution in [1.82, 2.24) is 15.1 Å². The van der Waals surface area contributed by atoms with Crippen molar-refractivity contribution >= 4 is 23.4 Å². The first-order valence-electron chi connectivity index (χ1n) is 10.3. The molecule has 1 heterocycles. The van der Waals surface area contributed by atoms with Gasteiger partial charge in [0.05, 0.1) is 6.54 Å². The first-order chi connectivity index (χ1) is 13.3. The molecule has 154 valence electrons. The third kappa shape index (κ3) is 5.06. The largest absolute Gasteiger partial charge is 0.352 e. The molecule has 1 aliphatic carbocycles. The molecule has 0 aromatic heterocycles. The molecule has 1 aromatic carbocycles. The summed E-state index contributed by atoms with van der Waals surface area (Å²) in [4.78, 5) is 29.2. The van der Waals surface area contributed by atoms with Crippen LogP contribution in [0.3, 0.4) is 0 Å². The zero-order valence-corrected chi connectivity index (χ0v) is 18.0. The monoisotopic (exact) mass is 405 g/mol. The highest BCUT2D eigenvalue weighted by Crippen LogP contribution is 2.36. The smallest absolute Gasteiger partial charge is 0.251 e. The number of hydrogen-bond acceptors (Lipinski definition) is 3. The second-order valence-electron chi connectivity index (χ2n) is 8.75. The van der Waals surface area contributed by atoms with Crippen molar-refractivity contribution in [3.05, 3.63) is 34.3 Å². The molecule has 6 heteroatoms. The van der Waals surface area contributed by atoms with Crippen LogP contribution in [-0.2, 0) is 4.79 Å². The van der Waals surface area contributed by atoms with E-state index in [4.69, 9.17) is 11.6 Å². The normalized spacial score (nSPS) is 19.7. The van der Waals surface area contributed by atoms with E-state index in [-0.39, 0.29) is 17.4 Å². The molecule has 3 rings (SSSR count). The fourth-order valence-corrected chi connectivity index (χ4v) is 4.47. The Morgan fingerprint density at radius 2 is 1.93 bits per heavy atom. The van der Waals surface area contributed by atoms with Gasteiger partial charge in [-0.2, -0.15) is 0 Å². The van der Waals surface area contributed by atoms with Crippen molar-refractivity contribution in [3.8, 4) is 0 Å². The Morgan fingerprint density at radius 1 is 1.25 bits per heavy atom. The highest BCUT2D eigenvalue weighted by Gasteiger charge is 2.38. The van der Waals surface area contributed by atoms with E-state index < -0.39 is 0 Å². The lowest BCUT2D eigenvalue weighted by Gasteiger charge is -2.46. The maximum Gasteiger partial charge on any atom is 0.251 e. The summed E-state index contributed by atoms with van der Waals surface area (Å²) in [6.07, 6.45) is 5.46. The summed E-state index contributed by atoms with van der Waals surface area (Å²) in [5.74, 6) is 0.612. The van der Waals surface area contributed by atoms with Crippen LogP contribution in [0.15, 0.2) is 18.2 Å². The molecule has 1 saturated heterocycles. The van der Waals surface area contributed by atoms with E-state index in [9.17, 15) is 9.59 Å². The van der Waals surface area contributed by atoms with Crippen LogP contribution in [0.1, 0.15) is 54.9 Å². The fraction of sp³-hybridized carbons (Fsp3) is 0.636. The molecule has 2 aliphatic rings. The third-order valence-corrected chi connectivity index (χ3v) is 6.75. The van der Waals surface area contributed by atoms with Crippen molar-refractivity contribution in [3.63, 3.8) is 0 Å². The Labute approximate surface area is 173 Å². The Bertz CT molecular complexity index is 704. The SMILES string of the molecule is Cc1cc(Cl)cc(C(=O)NCC2CCN(CC(=O)N(C)C3(C)CCC3)CC2)c1. The molecule has 2 fully saturated rings. The van der Waals surface area contributed by atoms with E-state index in [1.165, 1.54) is 6.42 Å². The number of carbonyl (C=O) groups excluding carboxylic acids is 2. The number of hydrogen-bond donors (Lipinski definition) is 1. The fourth-order valence-electron chi connectivity index (χ4n) is 4.18. The van der Waals surface area contributed by atoms with Gasteiger partial charge in [-0.15, -0.1) is 0 Å². The van der Waals surface area contributed by atoms with Gasteiger partial charge in [0.1, 0.15) is 0 Å². The molecular formula is C22H32ClN3O2. The number of likely N-dealkylation sites (N-methyl/N-ethyl adjacent to an activating group) is 1. The molecular weight excluding hydrogens is 374 g/mol. The standard InChI is InChI=1S/C22H32ClN3O2/c1-16-11-18(13-19(23)12-16)21(28)24-14-17-5-9-26(10-6-17)15-20(27)25(3)22(2)7-4-8-22/h11-13,17H,4-10,14-15H2,1-3H3,(H,24,28). The number of nitrogens with zero attached hydrogens (tertiary/aromatic N) is 2. The minimum absolute atomic E-state index is 0.0678. The van der Waals surface area contributed by atoms with Crippen molar-refractivity contribution in [2.75, 3.05) is 33.2 Å². The van der Waals surface area contributed by atoms with Crippen molar-refractivity contribution in [1.29, 1.82) is 0 Å². The van der Waals surface area contributed by atoms with Crippen LogP contribution in [0.4, 0.5) is 0 Å². The molecule has 0 atom stereocenters. The zero-order chi connectivity index (χ0) is 20.3. The number of likely N-dealkylation sites (tertiary alicyclic amines) is 1. The van der Waals surface area contributed by atoms with Crippen LogP contribution in [0.25, 0.3) is 0 Å². The molecule has 0 bridgehead atoms. The molecule has 2 amide bonds. The molecule has 28 heavy (non-hydrogen) atoms. The maximum atomic E-state index is 12.6. The molecule has 5 nitrogen and oxygen atoms in total. The summed E-state index contributed by atoms with van der Waals surface area (Å²) in [5, 5.41) is 3.63. The summed E-state index contributed by atoms with van der Waals surface area (Å²) >= 11 is 6.05. The van der Waals surface area contributed by atoms with Crippen molar-refractivity contribution < 1.29 is 9.59 Å². The van der Waals surface area contributed by atoms with Crippen LogP contribution >= 0.6 is 11.6 Å². The van der Waals surface area contributed by atoms with Crippen molar-refractivity contribution in [2.45, 2.75) is 51.5 Å². The summed E-state index contributed by atoms with van der Waals surface area (Å²) in [6.45, 7) is 7.12. The lowest BCUT2D eigenvalue weighted by Crippen LogP contribution is -2.55. The lowest BCUT2D eigenvalue weighted by atomic mass is 9.77. The van der Waals surface area contributed by atoms with Crippen molar-refractivity contribution in [2.24, 2.45) is 5.92 Å². The number of nitrogens with one attached hydrogen (secondary N) is 1. The molecule has 1 aromatic rings. The van der Waals surface area contributed by atoms with Gasteiger partial charge in [-0.05, 0) is 88.7 Å². The number of aryl methyl sites for hydroxylation is 1. The van der Waals surface area contributed by atoms with E-state index in [1.807, 2.05) is 31.0 Å². The Morgan fingerprint density at radius 3 is 2.50 bits per heavy atom. The van der Waals surface area contributed by atoms with E-state index in [0.717, 1.165) is 44.3 Å². The van der Waals surface area contributed by atoms with Crippen LogP contribution in [0.5, 0.6) is 0 Å². The summed E-state index contributed by atoms with van der Waals surface area (Å²) in [6, 6.07) is 5.41. The predicted octanol–water partition coefficient (Wildman–Crippen LogP) is 3.49. The topological polar surface area (TPSA) is 52.7 Å². The minimum atomic E-state index is -0.0708. The molecule has 0 radical (unpaired) electrons. The van der Waals surface area contributed by atoms with Gasteiger partial charge in [0.15, 0.2) is 0 Å². The van der Waals surface area contributed by atoms with Gasteiger partial charge in [-0.1, -0.05) is 11.6 Å². The lowest BCUT2D eigenvalue weighted by molar-refractivity contribution is -0.139. The summed E-state index contributed by atoms with van der Waals surface area (Å²) < 4.78 is 0. The molecule has 0 spiro atoms. The number of amides is 2. The van der Waals surface area contributed by atoms with E-state index >= 15 is 0 Å². The second kappa shape index (κ2) is 8.83. The van der Waals surface area contributed by atoms with Crippen LogP contribution in [0, 0.1) is 12.8 Å². The Hall–Kier alpha value is -1.59. The maximum absolute atomic E-state index is 12.6. The van der Waals surface area contributed by atoms with Gasteiger partial charge in [0, 0.05) is 29.7 Å². The van der Waals surface area contributed by atoms with E-state index in [1.54, 1.807) is 6.07 Å². The van der Waals surface area contributed by atoms with Gasteiger partial charge in [-0.3, -0.25) is 14.5 Å².